The zero-order valence-corrected chi connectivity index (χ0v) is 13.1. The van der Waals surface area contributed by atoms with Crippen LogP contribution in [-0.2, 0) is 11.3 Å². The van der Waals surface area contributed by atoms with E-state index >= 15 is 0 Å². The van der Waals surface area contributed by atoms with E-state index in [0.29, 0.717) is 12.3 Å². The highest BCUT2D eigenvalue weighted by molar-refractivity contribution is 9.10. The quantitative estimate of drug-likeness (QED) is 0.823. The van der Waals surface area contributed by atoms with Crippen LogP contribution >= 0.6 is 15.9 Å². The number of amides is 1. The van der Waals surface area contributed by atoms with Crippen molar-refractivity contribution in [3.05, 3.63) is 64.4 Å². The van der Waals surface area contributed by atoms with Crippen molar-refractivity contribution >= 4 is 21.8 Å². The number of halogens is 2. The lowest BCUT2D eigenvalue weighted by Crippen LogP contribution is -2.30. The molecule has 0 N–H and O–H groups in total. The van der Waals surface area contributed by atoms with Gasteiger partial charge in [0.25, 0.3) is 5.91 Å². The second kappa shape index (κ2) is 7.22. The van der Waals surface area contributed by atoms with Gasteiger partial charge in [-0.2, -0.15) is 0 Å². The molecular formula is C16H15BrFNO2. The summed E-state index contributed by atoms with van der Waals surface area (Å²) in [4.78, 5) is 13.6. The molecule has 0 atom stereocenters. The van der Waals surface area contributed by atoms with Crippen molar-refractivity contribution in [3.63, 3.8) is 0 Å². The monoisotopic (exact) mass is 351 g/mol. The fourth-order valence-electron chi connectivity index (χ4n) is 1.74. The van der Waals surface area contributed by atoms with Gasteiger partial charge in [-0.05, 0) is 42.0 Å². The lowest BCUT2D eigenvalue weighted by Gasteiger charge is -2.17. The van der Waals surface area contributed by atoms with Crippen LogP contribution in [0.2, 0.25) is 0 Å². The molecule has 0 fully saturated rings. The Morgan fingerprint density at radius 2 is 1.76 bits per heavy atom. The zero-order valence-electron chi connectivity index (χ0n) is 11.6. The molecule has 2 aromatic rings. The predicted molar refractivity (Wildman–Crippen MR) is 82.5 cm³/mol. The van der Waals surface area contributed by atoms with Crippen molar-refractivity contribution in [1.29, 1.82) is 0 Å². The van der Waals surface area contributed by atoms with Crippen LogP contribution < -0.4 is 4.74 Å². The number of rotatable bonds is 5. The number of ether oxygens (including phenoxy) is 1. The van der Waals surface area contributed by atoms with Gasteiger partial charge in [0.15, 0.2) is 6.61 Å². The third kappa shape index (κ3) is 4.86. The van der Waals surface area contributed by atoms with Gasteiger partial charge in [0.1, 0.15) is 11.6 Å². The first-order chi connectivity index (χ1) is 10.0. The molecule has 5 heteroatoms. The van der Waals surface area contributed by atoms with Gasteiger partial charge >= 0.3 is 0 Å². The predicted octanol–water partition coefficient (Wildman–Crippen LogP) is 3.63. The number of carbonyl (C=O) groups excluding carboxylic acids is 1. The van der Waals surface area contributed by atoms with Crippen molar-refractivity contribution in [2.45, 2.75) is 6.54 Å². The van der Waals surface area contributed by atoms with Crippen LogP contribution in [0.4, 0.5) is 4.39 Å². The summed E-state index contributed by atoms with van der Waals surface area (Å²) in [6, 6.07) is 13.4. The smallest absolute Gasteiger partial charge is 0.260 e. The standard InChI is InChI=1S/C16H15BrFNO2/c1-19(10-12-2-4-13(17)5-3-12)16(20)11-21-15-8-6-14(18)7-9-15/h2-9H,10-11H2,1H3. The fraction of sp³-hybridized carbons (Fsp3) is 0.188. The molecule has 1 amide bonds. The summed E-state index contributed by atoms with van der Waals surface area (Å²) in [5.74, 6) is 0.00469. The molecule has 110 valence electrons. The lowest BCUT2D eigenvalue weighted by molar-refractivity contribution is -0.132. The first-order valence-electron chi connectivity index (χ1n) is 6.41. The van der Waals surface area contributed by atoms with Crippen molar-refractivity contribution in [2.24, 2.45) is 0 Å². The van der Waals surface area contributed by atoms with Gasteiger partial charge in [-0.15, -0.1) is 0 Å². The molecule has 0 aromatic heterocycles. The highest BCUT2D eigenvalue weighted by Gasteiger charge is 2.10. The Balaban J connectivity index is 1.84. The van der Waals surface area contributed by atoms with Crippen LogP contribution in [0.3, 0.4) is 0 Å². The van der Waals surface area contributed by atoms with E-state index in [1.807, 2.05) is 24.3 Å². The molecule has 0 spiro atoms. The van der Waals surface area contributed by atoms with Crippen LogP contribution in [0.5, 0.6) is 5.75 Å². The third-order valence-electron chi connectivity index (χ3n) is 2.93. The Hall–Kier alpha value is -1.88. The van der Waals surface area contributed by atoms with E-state index in [4.69, 9.17) is 4.74 Å². The third-order valence-corrected chi connectivity index (χ3v) is 3.46. The first-order valence-corrected chi connectivity index (χ1v) is 7.20. The van der Waals surface area contributed by atoms with Gasteiger partial charge in [0.05, 0.1) is 0 Å². The fourth-order valence-corrected chi connectivity index (χ4v) is 2.00. The lowest BCUT2D eigenvalue weighted by atomic mass is 10.2. The van der Waals surface area contributed by atoms with E-state index in [2.05, 4.69) is 15.9 Å². The highest BCUT2D eigenvalue weighted by Crippen LogP contribution is 2.13. The van der Waals surface area contributed by atoms with Gasteiger partial charge in [0.2, 0.25) is 0 Å². The maximum atomic E-state index is 12.8. The van der Waals surface area contributed by atoms with E-state index in [-0.39, 0.29) is 18.3 Å². The molecule has 21 heavy (non-hydrogen) atoms. The zero-order chi connectivity index (χ0) is 15.2. The van der Waals surface area contributed by atoms with Gasteiger partial charge < -0.3 is 9.64 Å². The van der Waals surface area contributed by atoms with Crippen molar-refractivity contribution in [2.75, 3.05) is 13.7 Å². The Bertz CT molecular complexity index is 599. The molecule has 0 saturated carbocycles. The van der Waals surface area contributed by atoms with Gasteiger partial charge in [-0.3, -0.25) is 4.79 Å². The summed E-state index contributed by atoms with van der Waals surface area (Å²) in [7, 11) is 1.72. The summed E-state index contributed by atoms with van der Waals surface area (Å²) < 4.78 is 19.1. The second-order valence-electron chi connectivity index (χ2n) is 4.62. The summed E-state index contributed by atoms with van der Waals surface area (Å²) in [5, 5.41) is 0. The summed E-state index contributed by atoms with van der Waals surface area (Å²) in [5.41, 5.74) is 1.04. The van der Waals surface area contributed by atoms with Crippen molar-refractivity contribution in [1.82, 2.24) is 4.90 Å². The number of hydrogen-bond donors (Lipinski definition) is 0. The molecule has 3 nitrogen and oxygen atoms in total. The van der Waals surface area contributed by atoms with Crippen LogP contribution in [0.15, 0.2) is 53.0 Å². The number of hydrogen-bond acceptors (Lipinski definition) is 2. The number of likely N-dealkylation sites (N-methyl/N-ethyl adjacent to an activating group) is 1. The largest absolute Gasteiger partial charge is 0.484 e. The molecule has 0 unspecified atom stereocenters. The number of benzene rings is 2. The second-order valence-corrected chi connectivity index (χ2v) is 5.53. The van der Waals surface area contributed by atoms with Crippen molar-refractivity contribution < 1.29 is 13.9 Å². The summed E-state index contributed by atoms with van der Waals surface area (Å²) in [6.45, 7) is 0.442. The average Bonchev–Trinajstić information content (AvgIpc) is 2.48. The molecule has 2 aromatic carbocycles. The van der Waals surface area contributed by atoms with E-state index < -0.39 is 0 Å². The Kier molecular flexibility index (Phi) is 5.33. The average molecular weight is 352 g/mol. The van der Waals surface area contributed by atoms with Crippen LogP contribution in [0, 0.1) is 5.82 Å². The summed E-state index contributed by atoms with van der Waals surface area (Å²) in [6.07, 6.45) is 0. The minimum Gasteiger partial charge on any atom is -0.484 e. The maximum absolute atomic E-state index is 12.8. The number of carbonyl (C=O) groups is 1. The Morgan fingerprint density at radius 1 is 1.14 bits per heavy atom. The van der Waals surface area contributed by atoms with Crippen LogP contribution in [0.1, 0.15) is 5.56 Å². The molecule has 0 aliphatic carbocycles. The molecule has 0 aliphatic heterocycles. The van der Waals surface area contributed by atoms with E-state index in [1.54, 1.807) is 11.9 Å². The number of nitrogens with zero attached hydrogens (tertiary/aromatic N) is 1. The molecule has 0 bridgehead atoms. The molecule has 0 aliphatic rings. The SMILES string of the molecule is CN(Cc1ccc(Br)cc1)C(=O)COc1ccc(F)cc1. The van der Waals surface area contributed by atoms with Gasteiger partial charge in [-0.25, -0.2) is 4.39 Å². The van der Waals surface area contributed by atoms with E-state index in [0.717, 1.165) is 10.0 Å². The Labute approximate surface area is 131 Å². The van der Waals surface area contributed by atoms with Crippen LogP contribution in [-0.4, -0.2) is 24.5 Å². The van der Waals surface area contributed by atoms with Gasteiger partial charge in [0, 0.05) is 18.1 Å². The van der Waals surface area contributed by atoms with E-state index in [1.165, 1.54) is 24.3 Å². The Morgan fingerprint density at radius 3 is 2.38 bits per heavy atom. The minimum absolute atomic E-state index is 0.0708. The molecule has 0 radical (unpaired) electrons. The van der Waals surface area contributed by atoms with Crippen molar-refractivity contribution in [3.8, 4) is 5.75 Å². The topological polar surface area (TPSA) is 29.5 Å². The highest BCUT2D eigenvalue weighted by atomic mass is 79.9. The molecule has 0 heterocycles. The molecule has 2 rings (SSSR count). The van der Waals surface area contributed by atoms with Gasteiger partial charge in [-0.1, -0.05) is 28.1 Å². The van der Waals surface area contributed by atoms with Crippen LogP contribution in [0.25, 0.3) is 0 Å². The molecular weight excluding hydrogens is 337 g/mol. The van der Waals surface area contributed by atoms with E-state index in [9.17, 15) is 9.18 Å². The maximum Gasteiger partial charge on any atom is 0.260 e. The minimum atomic E-state index is -0.332. The molecule has 0 saturated heterocycles. The normalized spacial score (nSPS) is 10.2. The summed E-state index contributed by atoms with van der Waals surface area (Å²) >= 11 is 3.37. The first kappa shape index (κ1) is 15.5.